The number of benzene rings is 1. The Kier molecular flexibility index (Phi) is 7.73. The molecule has 0 radical (unpaired) electrons. The Morgan fingerprint density at radius 1 is 1.06 bits per heavy atom. The van der Waals surface area contributed by atoms with Crippen LogP contribution in [0.5, 0.6) is 0 Å². The molecule has 0 aromatic heterocycles. The number of allylic oxidation sites excluding steroid dienone is 2. The van der Waals surface area contributed by atoms with Gasteiger partial charge in [0.25, 0.3) is 0 Å². The molecule has 0 atom stereocenters. The van der Waals surface area contributed by atoms with Crippen LogP contribution in [0.4, 0.5) is 0 Å². The highest BCUT2D eigenvalue weighted by Gasteiger charge is 1.99. The van der Waals surface area contributed by atoms with E-state index >= 15 is 0 Å². The van der Waals surface area contributed by atoms with Crippen molar-refractivity contribution in [2.45, 2.75) is 52.4 Å². The van der Waals surface area contributed by atoms with Crippen LogP contribution in [0.3, 0.4) is 0 Å². The summed E-state index contributed by atoms with van der Waals surface area (Å²) in [6, 6.07) is 10.6. The second-order valence-corrected chi connectivity index (χ2v) is 4.56. The first kappa shape index (κ1) is 14.6. The van der Waals surface area contributed by atoms with Crippen molar-refractivity contribution in [3.63, 3.8) is 0 Å². The molecule has 0 nitrogen and oxygen atoms in total. The maximum absolute atomic E-state index is 3.24. The highest BCUT2D eigenvalue weighted by atomic mass is 14.0. The van der Waals surface area contributed by atoms with Gasteiger partial charge >= 0.3 is 0 Å². The van der Waals surface area contributed by atoms with Crippen LogP contribution in [0.2, 0.25) is 0 Å². The zero-order valence-electron chi connectivity index (χ0n) is 11.7. The van der Waals surface area contributed by atoms with E-state index in [-0.39, 0.29) is 0 Å². The molecule has 1 aromatic rings. The average Bonchev–Trinajstić information content (AvgIpc) is 2.43. The molecule has 0 heterocycles. The summed E-state index contributed by atoms with van der Waals surface area (Å²) in [7, 11) is 0. The van der Waals surface area contributed by atoms with E-state index in [1.807, 2.05) is 0 Å². The maximum Gasteiger partial charge on any atom is 0.00921 e. The van der Waals surface area contributed by atoms with Gasteiger partial charge in [0.05, 0.1) is 0 Å². The molecule has 0 heteroatoms. The lowest BCUT2D eigenvalue weighted by Gasteiger charge is -2.05. The van der Waals surface area contributed by atoms with Gasteiger partial charge in [0.1, 0.15) is 0 Å². The number of unbranched alkanes of at least 4 members (excludes halogenated alkanes) is 3. The Balaban J connectivity index is 2.71. The van der Waals surface area contributed by atoms with Crippen molar-refractivity contribution in [2.75, 3.05) is 0 Å². The van der Waals surface area contributed by atoms with E-state index in [9.17, 15) is 0 Å². The van der Waals surface area contributed by atoms with Crippen LogP contribution >= 0.6 is 0 Å². The van der Waals surface area contributed by atoms with Crippen LogP contribution < -0.4 is 0 Å². The summed E-state index contributed by atoms with van der Waals surface area (Å²) < 4.78 is 0. The maximum atomic E-state index is 3.24. The molecule has 1 rings (SSSR count). The van der Waals surface area contributed by atoms with Gasteiger partial charge < -0.3 is 0 Å². The summed E-state index contributed by atoms with van der Waals surface area (Å²) in [5.41, 5.74) is 2.69. The summed E-state index contributed by atoms with van der Waals surface area (Å²) in [6.07, 6.45) is 9.15. The largest absolute Gasteiger partial charge is 0.0985 e. The van der Waals surface area contributed by atoms with Gasteiger partial charge in [-0.05, 0) is 36.5 Å². The lowest BCUT2D eigenvalue weighted by molar-refractivity contribution is 0.824. The Labute approximate surface area is 112 Å². The number of hydrogen-bond donors (Lipinski definition) is 0. The molecule has 96 valence electrons. The molecule has 0 aliphatic rings. The van der Waals surface area contributed by atoms with E-state index in [1.165, 1.54) is 36.8 Å². The quantitative estimate of drug-likeness (QED) is 0.458. The van der Waals surface area contributed by atoms with E-state index < -0.39 is 0 Å². The van der Waals surface area contributed by atoms with Crippen LogP contribution in [0.1, 0.15) is 57.9 Å². The molecule has 0 amide bonds. The summed E-state index contributed by atoms with van der Waals surface area (Å²) in [4.78, 5) is 0. The molecule has 1 aromatic carbocycles. The number of rotatable bonds is 6. The van der Waals surface area contributed by atoms with Crippen molar-refractivity contribution in [1.82, 2.24) is 0 Å². The highest BCUT2D eigenvalue weighted by Crippen LogP contribution is 2.20. The van der Waals surface area contributed by atoms with Gasteiger partial charge in [-0.15, -0.1) is 0 Å². The van der Waals surface area contributed by atoms with Crippen LogP contribution in [-0.4, -0.2) is 0 Å². The van der Waals surface area contributed by atoms with Crippen LogP contribution in [0, 0.1) is 11.8 Å². The third-order valence-electron chi connectivity index (χ3n) is 2.95. The minimum absolute atomic E-state index is 1.02. The van der Waals surface area contributed by atoms with E-state index in [0.717, 1.165) is 12.8 Å². The molecule has 0 fully saturated rings. The lowest BCUT2D eigenvalue weighted by atomic mass is 10.00. The zero-order valence-corrected chi connectivity index (χ0v) is 11.7. The molecule has 0 saturated carbocycles. The van der Waals surface area contributed by atoms with Crippen molar-refractivity contribution in [3.05, 3.63) is 42.0 Å². The lowest BCUT2D eigenvalue weighted by Crippen LogP contribution is -1.84. The monoisotopic (exact) mass is 240 g/mol. The van der Waals surface area contributed by atoms with Gasteiger partial charge in [-0.2, -0.15) is 0 Å². The normalized spacial score (nSPS) is 10.9. The summed E-state index contributed by atoms with van der Waals surface area (Å²) in [5.74, 6) is 6.45. The smallest absolute Gasteiger partial charge is 0.00921 e. The Bertz CT molecular complexity index is 401. The molecule has 0 aliphatic carbocycles. The molecule has 18 heavy (non-hydrogen) atoms. The van der Waals surface area contributed by atoms with Crippen molar-refractivity contribution in [1.29, 1.82) is 0 Å². The van der Waals surface area contributed by atoms with E-state index in [1.54, 1.807) is 0 Å². The van der Waals surface area contributed by atoms with Gasteiger partial charge in [0.2, 0.25) is 0 Å². The van der Waals surface area contributed by atoms with Crippen molar-refractivity contribution in [2.24, 2.45) is 0 Å². The third kappa shape index (κ3) is 5.73. The van der Waals surface area contributed by atoms with Gasteiger partial charge in [-0.3, -0.25) is 0 Å². The molecule has 0 N–H and O–H groups in total. The summed E-state index contributed by atoms with van der Waals surface area (Å²) in [6.45, 7) is 4.43. The second kappa shape index (κ2) is 9.54. The predicted octanol–water partition coefficient (Wildman–Crippen LogP) is 5.45. The van der Waals surface area contributed by atoms with E-state index in [4.69, 9.17) is 0 Å². The minimum atomic E-state index is 1.02. The van der Waals surface area contributed by atoms with Crippen molar-refractivity contribution >= 4 is 5.57 Å². The van der Waals surface area contributed by atoms with Crippen LogP contribution in [0.15, 0.2) is 36.4 Å². The predicted molar refractivity (Wildman–Crippen MR) is 81.2 cm³/mol. The minimum Gasteiger partial charge on any atom is -0.0985 e. The fourth-order valence-corrected chi connectivity index (χ4v) is 1.79. The first-order valence-electron chi connectivity index (χ1n) is 7.11. The Hall–Kier alpha value is -1.48. The van der Waals surface area contributed by atoms with Crippen LogP contribution in [0.25, 0.3) is 5.57 Å². The molecule has 0 unspecified atom stereocenters. The fourth-order valence-electron chi connectivity index (χ4n) is 1.79. The molecule has 0 spiro atoms. The first-order valence-corrected chi connectivity index (χ1v) is 7.11. The molecular formula is C18H24. The molecule has 0 saturated heterocycles. The second-order valence-electron chi connectivity index (χ2n) is 4.56. The first-order chi connectivity index (χ1) is 8.88. The van der Waals surface area contributed by atoms with Crippen LogP contribution in [-0.2, 0) is 0 Å². The van der Waals surface area contributed by atoms with Gasteiger partial charge in [0.15, 0.2) is 0 Å². The van der Waals surface area contributed by atoms with Crippen molar-refractivity contribution < 1.29 is 0 Å². The summed E-state index contributed by atoms with van der Waals surface area (Å²) >= 11 is 0. The summed E-state index contributed by atoms with van der Waals surface area (Å²) in [5, 5.41) is 0. The zero-order chi connectivity index (χ0) is 13.1. The Morgan fingerprint density at radius 3 is 2.44 bits per heavy atom. The Morgan fingerprint density at radius 2 is 1.78 bits per heavy atom. The van der Waals surface area contributed by atoms with E-state index in [0.29, 0.717) is 0 Å². The molecule has 0 bridgehead atoms. The third-order valence-corrected chi connectivity index (χ3v) is 2.95. The standard InChI is InChI=1S/C18H24/c1-3-5-7-8-10-14-17(13-6-4-2)18-15-11-9-12-16-18/h9,11-12,14-16H,3-7,13H2,1-2H3/b17-14+. The van der Waals surface area contributed by atoms with Gasteiger partial charge in [-0.1, -0.05) is 68.9 Å². The molecular weight excluding hydrogens is 216 g/mol. The highest BCUT2D eigenvalue weighted by molar-refractivity contribution is 5.68. The topological polar surface area (TPSA) is 0 Å². The van der Waals surface area contributed by atoms with Gasteiger partial charge in [0, 0.05) is 6.42 Å². The average molecular weight is 240 g/mol. The van der Waals surface area contributed by atoms with Gasteiger partial charge in [-0.25, -0.2) is 0 Å². The SMILES string of the molecule is CCCCC#C/C=C(\CCCC)c1ccccc1. The van der Waals surface area contributed by atoms with Crippen molar-refractivity contribution in [3.8, 4) is 11.8 Å². The fraction of sp³-hybridized carbons (Fsp3) is 0.444. The number of hydrogen-bond acceptors (Lipinski definition) is 0. The van der Waals surface area contributed by atoms with E-state index in [2.05, 4.69) is 62.1 Å². The molecule has 0 aliphatic heterocycles.